The molecule has 0 aliphatic heterocycles. The molecule has 0 aliphatic rings. The lowest BCUT2D eigenvalue weighted by Gasteiger charge is -2.24. The number of ether oxygens (including phenoxy) is 2. The molecular weight excluding hydrogens is 396 g/mol. The third-order valence-electron chi connectivity index (χ3n) is 5.67. The Hall–Kier alpha value is -1.50. The van der Waals surface area contributed by atoms with Gasteiger partial charge in [-0.3, -0.25) is 0 Å². The Kier molecular flexibility index (Phi) is 20.7. The van der Waals surface area contributed by atoms with Gasteiger partial charge in [-0.25, -0.2) is 9.59 Å². The van der Waals surface area contributed by atoms with Crippen LogP contribution < -0.4 is 11.1 Å². The number of aliphatic hydroxyl groups is 1. The van der Waals surface area contributed by atoms with Gasteiger partial charge in [-0.05, 0) is 12.8 Å². The van der Waals surface area contributed by atoms with Crippen LogP contribution in [0.25, 0.3) is 0 Å². The van der Waals surface area contributed by atoms with E-state index < -0.39 is 31.0 Å². The van der Waals surface area contributed by atoms with Crippen LogP contribution >= 0.6 is 0 Å². The summed E-state index contributed by atoms with van der Waals surface area (Å²) in [5, 5.41) is 11.8. The first kappa shape index (κ1) is 29.5. The van der Waals surface area contributed by atoms with Crippen LogP contribution in [-0.4, -0.2) is 43.2 Å². The van der Waals surface area contributed by atoms with Crippen molar-refractivity contribution in [3.63, 3.8) is 0 Å². The predicted molar refractivity (Wildman–Crippen MR) is 125 cm³/mol. The molecular formula is C24H48N2O5. The second kappa shape index (κ2) is 21.7. The molecule has 2 amide bonds. The summed E-state index contributed by atoms with van der Waals surface area (Å²) in [5.41, 5.74) is 5.11. The average molecular weight is 445 g/mol. The van der Waals surface area contributed by atoms with E-state index in [1.54, 1.807) is 0 Å². The van der Waals surface area contributed by atoms with Crippen LogP contribution in [0.1, 0.15) is 116 Å². The molecule has 0 heterocycles. The van der Waals surface area contributed by atoms with Crippen LogP contribution in [0, 0.1) is 0 Å². The van der Waals surface area contributed by atoms with E-state index in [4.69, 9.17) is 15.2 Å². The molecule has 2 atom stereocenters. The van der Waals surface area contributed by atoms with Crippen LogP contribution in [0.5, 0.6) is 0 Å². The fraction of sp³-hybridized carbons (Fsp3) is 0.917. The summed E-state index contributed by atoms with van der Waals surface area (Å²) in [7, 11) is 1.43. The number of hydrogen-bond acceptors (Lipinski definition) is 5. The number of hydrogen-bond donors (Lipinski definition) is 3. The molecule has 184 valence electrons. The molecule has 7 nitrogen and oxygen atoms in total. The minimum Gasteiger partial charge on any atom is -0.442 e. The number of aliphatic hydroxyl groups excluding tert-OH is 1. The zero-order chi connectivity index (χ0) is 23.2. The van der Waals surface area contributed by atoms with Gasteiger partial charge in [0.25, 0.3) is 0 Å². The molecule has 4 N–H and O–H groups in total. The topological polar surface area (TPSA) is 111 Å². The fourth-order valence-electron chi connectivity index (χ4n) is 3.79. The number of carbonyl (C=O) groups excluding carboxylic acids is 2. The van der Waals surface area contributed by atoms with Crippen molar-refractivity contribution in [3.8, 4) is 0 Å². The van der Waals surface area contributed by atoms with Crippen LogP contribution in [0.15, 0.2) is 0 Å². The van der Waals surface area contributed by atoms with Gasteiger partial charge in [0, 0.05) is 7.05 Å². The molecule has 0 radical (unpaired) electrons. The van der Waals surface area contributed by atoms with Crippen molar-refractivity contribution >= 4 is 12.2 Å². The van der Waals surface area contributed by atoms with Crippen molar-refractivity contribution in [2.24, 2.45) is 5.73 Å². The van der Waals surface area contributed by atoms with Crippen molar-refractivity contribution < 1.29 is 24.2 Å². The molecule has 0 aromatic heterocycles. The van der Waals surface area contributed by atoms with Gasteiger partial charge in [-0.2, -0.15) is 0 Å². The highest BCUT2D eigenvalue weighted by Crippen LogP contribution is 2.17. The smallest absolute Gasteiger partial charge is 0.407 e. The molecule has 0 fully saturated rings. The standard InChI is InChI=1S/C24H48N2O5/c1-3-4-5-6-7-8-9-10-11-12-13-14-15-16-17-18-19-21(30-23(25)28)22(20-27)31-24(29)26-2/h21-22,27H,3-20H2,1-2H3,(H2,25,28)(H,26,29). The highest BCUT2D eigenvalue weighted by molar-refractivity contribution is 5.67. The Labute approximate surface area is 189 Å². The summed E-state index contributed by atoms with van der Waals surface area (Å²) in [4.78, 5) is 22.5. The van der Waals surface area contributed by atoms with Crippen LogP contribution in [-0.2, 0) is 9.47 Å². The van der Waals surface area contributed by atoms with Gasteiger partial charge in [-0.1, -0.05) is 103 Å². The van der Waals surface area contributed by atoms with Gasteiger partial charge < -0.3 is 25.6 Å². The van der Waals surface area contributed by atoms with E-state index in [2.05, 4.69) is 12.2 Å². The first-order valence-electron chi connectivity index (χ1n) is 12.5. The molecule has 31 heavy (non-hydrogen) atoms. The second-order valence-electron chi connectivity index (χ2n) is 8.44. The summed E-state index contributed by atoms with van der Waals surface area (Å²) in [6, 6.07) is 0. The van der Waals surface area contributed by atoms with Gasteiger partial charge in [-0.15, -0.1) is 0 Å². The summed E-state index contributed by atoms with van der Waals surface area (Å²) < 4.78 is 10.1. The van der Waals surface area contributed by atoms with E-state index in [-0.39, 0.29) is 0 Å². The third kappa shape index (κ3) is 18.9. The third-order valence-corrected chi connectivity index (χ3v) is 5.67. The molecule has 2 unspecified atom stereocenters. The molecule has 0 aliphatic carbocycles. The first-order chi connectivity index (χ1) is 15.0. The average Bonchev–Trinajstić information content (AvgIpc) is 2.75. The van der Waals surface area contributed by atoms with Crippen molar-refractivity contribution in [2.45, 2.75) is 128 Å². The van der Waals surface area contributed by atoms with Crippen LogP contribution in [0.2, 0.25) is 0 Å². The van der Waals surface area contributed by atoms with E-state index in [1.165, 1.54) is 90.5 Å². The zero-order valence-corrected chi connectivity index (χ0v) is 20.0. The Morgan fingerprint density at radius 1 is 0.742 bits per heavy atom. The summed E-state index contributed by atoms with van der Waals surface area (Å²) in [5.74, 6) is 0. The molecule has 0 aromatic carbocycles. The number of amides is 2. The van der Waals surface area contributed by atoms with Crippen LogP contribution in [0.4, 0.5) is 9.59 Å². The SMILES string of the molecule is CCCCCCCCCCCCCCCCCCC(OC(N)=O)C(CO)OC(=O)NC. The van der Waals surface area contributed by atoms with Crippen molar-refractivity contribution in [2.75, 3.05) is 13.7 Å². The Morgan fingerprint density at radius 2 is 1.16 bits per heavy atom. The largest absolute Gasteiger partial charge is 0.442 e. The fourth-order valence-corrected chi connectivity index (χ4v) is 3.79. The van der Waals surface area contributed by atoms with Gasteiger partial charge in [0.05, 0.1) is 6.61 Å². The minimum absolute atomic E-state index is 0.426. The van der Waals surface area contributed by atoms with Gasteiger partial charge in [0.2, 0.25) is 0 Å². The predicted octanol–water partition coefficient (Wildman–Crippen LogP) is 5.82. The normalized spacial score (nSPS) is 12.9. The zero-order valence-electron chi connectivity index (χ0n) is 20.0. The molecule has 0 rings (SSSR count). The van der Waals surface area contributed by atoms with E-state index in [9.17, 15) is 14.7 Å². The lowest BCUT2D eigenvalue weighted by atomic mass is 10.0. The summed E-state index contributed by atoms with van der Waals surface area (Å²) >= 11 is 0. The number of unbranched alkanes of at least 4 members (excludes halogenated alkanes) is 15. The Bertz CT molecular complexity index is 434. The number of nitrogens with two attached hydrogens (primary N) is 1. The van der Waals surface area contributed by atoms with Gasteiger partial charge >= 0.3 is 12.2 Å². The first-order valence-corrected chi connectivity index (χ1v) is 12.5. The Balaban J connectivity index is 3.68. The van der Waals surface area contributed by atoms with E-state index >= 15 is 0 Å². The molecule has 0 aromatic rings. The summed E-state index contributed by atoms with van der Waals surface area (Å²) in [6.45, 7) is 1.83. The number of rotatable bonds is 21. The highest BCUT2D eigenvalue weighted by atomic mass is 16.6. The molecule has 0 saturated carbocycles. The number of nitrogens with one attached hydrogen (secondary N) is 1. The van der Waals surface area contributed by atoms with E-state index in [0.29, 0.717) is 6.42 Å². The molecule has 0 bridgehead atoms. The number of alkyl carbamates (subject to hydrolysis) is 1. The minimum atomic E-state index is -0.930. The van der Waals surface area contributed by atoms with E-state index in [1.807, 2.05) is 0 Å². The maximum Gasteiger partial charge on any atom is 0.407 e. The molecule has 0 saturated heterocycles. The lowest BCUT2D eigenvalue weighted by molar-refractivity contribution is -0.0349. The quantitative estimate of drug-likeness (QED) is 0.193. The maximum atomic E-state index is 11.4. The maximum absolute atomic E-state index is 11.4. The van der Waals surface area contributed by atoms with Crippen LogP contribution in [0.3, 0.4) is 0 Å². The second-order valence-corrected chi connectivity index (χ2v) is 8.44. The highest BCUT2D eigenvalue weighted by Gasteiger charge is 2.27. The van der Waals surface area contributed by atoms with Gasteiger partial charge in [0.15, 0.2) is 6.10 Å². The lowest BCUT2D eigenvalue weighted by Crippen LogP contribution is -2.40. The Morgan fingerprint density at radius 3 is 1.52 bits per heavy atom. The number of carbonyl (C=O) groups is 2. The van der Waals surface area contributed by atoms with Gasteiger partial charge in [0.1, 0.15) is 6.10 Å². The van der Waals surface area contributed by atoms with Crippen molar-refractivity contribution in [1.29, 1.82) is 0 Å². The summed E-state index contributed by atoms with van der Waals surface area (Å²) in [6.07, 6.45) is 17.8. The number of primary amides is 1. The van der Waals surface area contributed by atoms with E-state index in [0.717, 1.165) is 19.3 Å². The van der Waals surface area contributed by atoms with Crippen molar-refractivity contribution in [1.82, 2.24) is 5.32 Å². The monoisotopic (exact) mass is 444 g/mol. The molecule has 7 heteroatoms. The molecule has 0 spiro atoms. The van der Waals surface area contributed by atoms with Crippen molar-refractivity contribution in [3.05, 3.63) is 0 Å².